The lowest BCUT2D eigenvalue weighted by Crippen LogP contribution is -2.66. The Hall–Kier alpha value is -0.780. The van der Waals surface area contributed by atoms with Crippen LogP contribution in [0.1, 0.15) is 92.6 Å². The second-order valence-corrected chi connectivity index (χ2v) is 12.5. The minimum atomic E-state index is 0.245. The maximum absolute atomic E-state index is 2.62. The summed E-state index contributed by atoms with van der Waals surface area (Å²) >= 11 is 0. The molecule has 4 aliphatic carbocycles. The summed E-state index contributed by atoms with van der Waals surface area (Å²) in [6.45, 7) is 17.9. The highest BCUT2D eigenvalue weighted by Gasteiger charge is 2.70. The normalized spacial score (nSPS) is 43.5. The van der Waals surface area contributed by atoms with Crippen molar-refractivity contribution >= 4 is 0 Å². The molecule has 5 rings (SSSR count). The quantitative estimate of drug-likeness (QED) is 0.528. The maximum atomic E-state index is 2.62. The van der Waals surface area contributed by atoms with Gasteiger partial charge in [-0.15, -0.1) is 0 Å². The second kappa shape index (κ2) is 4.73. The van der Waals surface area contributed by atoms with Gasteiger partial charge in [-0.05, 0) is 76.6 Å². The third-order valence-corrected chi connectivity index (χ3v) is 9.00. The van der Waals surface area contributed by atoms with Crippen LogP contribution in [-0.2, 0) is 5.41 Å². The zero-order valence-corrected chi connectivity index (χ0v) is 17.6. The van der Waals surface area contributed by atoms with E-state index in [2.05, 4.69) is 78.8 Å². The van der Waals surface area contributed by atoms with E-state index >= 15 is 0 Å². The summed E-state index contributed by atoms with van der Waals surface area (Å²) in [4.78, 5) is 0. The average molecular weight is 339 g/mol. The molecule has 25 heavy (non-hydrogen) atoms. The molecule has 0 aromatic heterocycles. The highest BCUT2D eigenvalue weighted by Crippen LogP contribution is 2.79. The van der Waals surface area contributed by atoms with Crippen molar-refractivity contribution in [3.63, 3.8) is 0 Å². The fourth-order valence-corrected chi connectivity index (χ4v) is 8.32. The second-order valence-electron chi connectivity index (χ2n) is 12.5. The average Bonchev–Trinajstić information content (AvgIpc) is 2.43. The van der Waals surface area contributed by atoms with Crippen LogP contribution in [0.4, 0.5) is 0 Å². The van der Waals surface area contributed by atoms with Gasteiger partial charge in [0.25, 0.3) is 0 Å². The van der Waals surface area contributed by atoms with Crippen LogP contribution in [0, 0.1) is 27.1 Å². The van der Waals surface area contributed by atoms with E-state index in [0.29, 0.717) is 27.1 Å². The first-order valence-corrected chi connectivity index (χ1v) is 10.4. The van der Waals surface area contributed by atoms with Gasteiger partial charge in [0, 0.05) is 0 Å². The number of benzene rings is 1. The van der Waals surface area contributed by atoms with Crippen LogP contribution in [0.15, 0.2) is 30.3 Å². The number of rotatable bonds is 2. The van der Waals surface area contributed by atoms with E-state index in [4.69, 9.17) is 0 Å². The molecule has 0 nitrogen and oxygen atoms in total. The molecule has 0 radical (unpaired) electrons. The zero-order valence-electron chi connectivity index (χ0n) is 17.6. The first-order chi connectivity index (χ1) is 11.3. The fraction of sp³-hybridized carbons (Fsp3) is 0.760. The molecule has 0 N–H and O–H groups in total. The van der Waals surface area contributed by atoms with E-state index in [1.165, 1.54) is 38.5 Å². The summed E-state index contributed by atoms with van der Waals surface area (Å²) < 4.78 is 0. The molecule has 0 spiro atoms. The van der Waals surface area contributed by atoms with Crippen molar-refractivity contribution in [1.29, 1.82) is 0 Å². The molecule has 0 amide bonds. The Morgan fingerprint density at radius 2 is 1.12 bits per heavy atom. The molecule has 0 aliphatic heterocycles. The van der Waals surface area contributed by atoms with Gasteiger partial charge < -0.3 is 0 Å². The van der Waals surface area contributed by atoms with Crippen LogP contribution in [0.3, 0.4) is 0 Å². The minimum Gasteiger partial charge on any atom is -0.0622 e. The summed E-state index contributed by atoms with van der Waals surface area (Å²) in [7, 11) is 0. The molecule has 0 heteroatoms. The summed E-state index contributed by atoms with van der Waals surface area (Å²) in [5.74, 6) is 0. The summed E-state index contributed by atoms with van der Waals surface area (Å²) in [5, 5.41) is 0. The highest BCUT2D eigenvalue weighted by molar-refractivity contribution is 5.31. The van der Waals surface area contributed by atoms with Crippen molar-refractivity contribution in [2.75, 3.05) is 0 Å². The van der Waals surface area contributed by atoms with Crippen molar-refractivity contribution in [3.05, 3.63) is 35.9 Å². The monoisotopic (exact) mass is 338 g/mol. The van der Waals surface area contributed by atoms with Crippen molar-refractivity contribution in [1.82, 2.24) is 0 Å². The molecule has 138 valence electrons. The SMILES string of the molecule is CC12CC3(C)CC(C(C)(C)C)(C1)CC(C(C)(C)c1ccccc1)(C2)C3. The zero-order chi connectivity index (χ0) is 18.4. The van der Waals surface area contributed by atoms with Gasteiger partial charge in [0.2, 0.25) is 0 Å². The lowest BCUT2D eigenvalue weighted by atomic mass is 9.29. The summed E-state index contributed by atoms with van der Waals surface area (Å²) in [6.07, 6.45) is 8.63. The first kappa shape index (κ1) is 17.6. The summed E-state index contributed by atoms with van der Waals surface area (Å²) in [6, 6.07) is 11.4. The largest absolute Gasteiger partial charge is 0.0622 e. The number of hydrogen-bond donors (Lipinski definition) is 0. The molecular formula is C25H38. The van der Waals surface area contributed by atoms with Crippen molar-refractivity contribution in [2.24, 2.45) is 27.1 Å². The van der Waals surface area contributed by atoms with E-state index in [1.807, 2.05) is 0 Å². The molecule has 0 heterocycles. The number of hydrogen-bond acceptors (Lipinski definition) is 0. The fourth-order valence-electron chi connectivity index (χ4n) is 8.32. The standard InChI is InChI=1S/C25H38/c1-20(2,3)24-14-22(6)13-23(7,15-24)17-25(16-22,18-24)21(4,5)19-11-9-8-10-12-19/h8-12H,13-18H2,1-7H3. The van der Waals surface area contributed by atoms with Crippen molar-refractivity contribution < 1.29 is 0 Å². The van der Waals surface area contributed by atoms with E-state index < -0.39 is 0 Å². The van der Waals surface area contributed by atoms with E-state index in [-0.39, 0.29) is 5.41 Å². The van der Waals surface area contributed by atoms with Crippen LogP contribution >= 0.6 is 0 Å². The molecule has 4 bridgehead atoms. The molecular weight excluding hydrogens is 300 g/mol. The van der Waals surface area contributed by atoms with Crippen molar-refractivity contribution in [3.8, 4) is 0 Å². The molecule has 4 saturated carbocycles. The summed E-state index contributed by atoms with van der Waals surface area (Å²) in [5.41, 5.74) is 4.21. The van der Waals surface area contributed by atoms with E-state index in [0.717, 1.165) is 0 Å². The van der Waals surface area contributed by atoms with Crippen LogP contribution < -0.4 is 0 Å². The Bertz CT molecular complexity index is 654. The topological polar surface area (TPSA) is 0 Å². The third kappa shape index (κ3) is 2.31. The lowest BCUT2D eigenvalue weighted by Gasteiger charge is -2.75. The molecule has 0 saturated heterocycles. The third-order valence-electron chi connectivity index (χ3n) is 9.00. The Balaban J connectivity index is 1.88. The maximum Gasteiger partial charge on any atom is -0.00466 e. The first-order valence-electron chi connectivity index (χ1n) is 10.4. The smallest absolute Gasteiger partial charge is 0.00466 e. The van der Waals surface area contributed by atoms with Gasteiger partial charge in [-0.1, -0.05) is 78.8 Å². The lowest BCUT2D eigenvalue weighted by molar-refractivity contribution is -0.240. The minimum absolute atomic E-state index is 0.245. The molecule has 4 fully saturated rings. The van der Waals surface area contributed by atoms with E-state index in [1.54, 1.807) is 5.56 Å². The van der Waals surface area contributed by atoms with Gasteiger partial charge in [-0.2, -0.15) is 0 Å². The van der Waals surface area contributed by atoms with Gasteiger partial charge in [0.05, 0.1) is 0 Å². The van der Waals surface area contributed by atoms with Crippen molar-refractivity contribution in [2.45, 2.75) is 92.4 Å². The predicted octanol–water partition coefficient (Wildman–Crippen LogP) is 7.38. The molecule has 2 unspecified atom stereocenters. The van der Waals surface area contributed by atoms with Crippen LogP contribution in [0.25, 0.3) is 0 Å². The van der Waals surface area contributed by atoms with Crippen LogP contribution in [0.5, 0.6) is 0 Å². The Morgan fingerprint density at radius 3 is 1.60 bits per heavy atom. The molecule has 2 atom stereocenters. The van der Waals surface area contributed by atoms with Crippen LogP contribution in [0.2, 0.25) is 0 Å². The predicted molar refractivity (Wildman–Crippen MR) is 108 cm³/mol. The van der Waals surface area contributed by atoms with Gasteiger partial charge in [-0.25, -0.2) is 0 Å². The van der Waals surface area contributed by atoms with Gasteiger partial charge in [-0.3, -0.25) is 0 Å². The van der Waals surface area contributed by atoms with Gasteiger partial charge >= 0.3 is 0 Å². The molecule has 1 aromatic rings. The molecule has 4 aliphatic rings. The van der Waals surface area contributed by atoms with Gasteiger partial charge in [0.1, 0.15) is 0 Å². The Morgan fingerprint density at radius 1 is 0.640 bits per heavy atom. The van der Waals surface area contributed by atoms with Crippen LogP contribution in [-0.4, -0.2) is 0 Å². The highest BCUT2D eigenvalue weighted by atomic mass is 14.7. The Kier molecular flexibility index (Phi) is 3.34. The Labute approximate surface area is 155 Å². The molecule has 1 aromatic carbocycles. The van der Waals surface area contributed by atoms with Gasteiger partial charge in [0.15, 0.2) is 0 Å². The van der Waals surface area contributed by atoms with E-state index in [9.17, 15) is 0 Å².